The molecule has 1 N–H and O–H groups in total. The van der Waals surface area contributed by atoms with E-state index in [1.54, 1.807) is 30.7 Å². The SMILES string of the molecule is COC(=O)CNC(=O)c1ccc(-c2cccnc2)cn1. The van der Waals surface area contributed by atoms with Crippen molar-refractivity contribution < 1.29 is 14.3 Å². The van der Waals surface area contributed by atoms with Gasteiger partial charge in [-0.25, -0.2) is 0 Å². The topological polar surface area (TPSA) is 81.2 Å². The van der Waals surface area contributed by atoms with Gasteiger partial charge in [-0.15, -0.1) is 0 Å². The first-order valence-corrected chi connectivity index (χ1v) is 5.92. The van der Waals surface area contributed by atoms with E-state index in [0.717, 1.165) is 11.1 Å². The zero-order valence-electron chi connectivity index (χ0n) is 10.9. The molecule has 0 aliphatic carbocycles. The maximum absolute atomic E-state index is 11.7. The Morgan fingerprint density at radius 1 is 1.20 bits per heavy atom. The maximum atomic E-state index is 11.7. The highest BCUT2D eigenvalue weighted by Crippen LogP contribution is 2.16. The van der Waals surface area contributed by atoms with Crippen molar-refractivity contribution in [2.24, 2.45) is 0 Å². The van der Waals surface area contributed by atoms with Gasteiger partial charge in [-0.05, 0) is 12.1 Å². The average Bonchev–Trinajstić information content (AvgIpc) is 2.53. The summed E-state index contributed by atoms with van der Waals surface area (Å²) < 4.78 is 4.43. The molecule has 2 heterocycles. The minimum absolute atomic E-state index is 0.179. The normalized spacial score (nSPS) is 9.85. The number of amides is 1. The van der Waals surface area contributed by atoms with Crippen LogP contribution in [0.5, 0.6) is 0 Å². The Labute approximate surface area is 115 Å². The highest BCUT2D eigenvalue weighted by atomic mass is 16.5. The van der Waals surface area contributed by atoms with E-state index in [9.17, 15) is 9.59 Å². The van der Waals surface area contributed by atoms with Gasteiger partial charge >= 0.3 is 5.97 Å². The van der Waals surface area contributed by atoms with Gasteiger partial charge in [0.25, 0.3) is 5.91 Å². The molecule has 102 valence electrons. The summed E-state index contributed by atoms with van der Waals surface area (Å²) in [4.78, 5) is 30.7. The van der Waals surface area contributed by atoms with E-state index in [1.165, 1.54) is 7.11 Å². The van der Waals surface area contributed by atoms with Gasteiger partial charge < -0.3 is 10.1 Å². The van der Waals surface area contributed by atoms with Gasteiger partial charge in [-0.1, -0.05) is 12.1 Å². The lowest BCUT2D eigenvalue weighted by Crippen LogP contribution is -2.30. The zero-order valence-corrected chi connectivity index (χ0v) is 10.9. The number of ether oxygens (including phenoxy) is 1. The van der Waals surface area contributed by atoms with Crippen LogP contribution in [-0.2, 0) is 9.53 Å². The van der Waals surface area contributed by atoms with Crippen molar-refractivity contribution in [3.05, 3.63) is 48.5 Å². The monoisotopic (exact) mass is 271 g/mol. The van der Waals surface area contributed by atoms with Crippen molar-refractivity contribution in [1.82, 2.24) is 15.3 Å². The Hall–Kier alpha value is -2.76. The predicted octanol–water partition coefficient (Wildman–Crippen LogP) is 1.05. The van der Waals surface area contributed by atoms with Crippen molar-refractivity contribution in [3.8, 4) is 11.1 Å². The molecule has 0 saturated heterocycles. The van der Waals surface area contributed by atoms with E-state index in [4.69, 9.17) is 0 Å². The van der Waals surface area contributed by atoms with Crippen LogP contribution in [0.25, 0.3) is 11.1 Å². The van der Waals surface area contributed by atoms with Crippen LogP contribution in [0.2, 0.25) is 0 Å². The number of methoxy groups -OCH3 is 1. The summed E-state index contributed by atoms with van der Waals surface area (Å²) in [7, 11) is 1.26. The number of hydrogen-bond acceptors (Lipinski definition) is 5. The number of rotatable bonds is 4. The zero-order chi connectivity index (χ0) is 14.4. The van der Waals surface area contributed by atoms with E-state index in [2.05, 4.69) is 20.0 Å². The number of hydrogen-bond donors (Lipinski definition) is 1. The first-order chi connectivity index (χ1) is 9.70. The van der Waals surface area contributed by atoms with Gasteiger partial charge in [-0.2, -0.15) is 0 Å². The lowest BCUT2D eigenvalue weighted by Gasteiger charge is -2.04. The molecule has 0 radical (unpaired) electrons. The molecule has 0 fully saturated rings. The van der Waals surface area contributed by atoms with Gasteiger partial charge in [0, 0.05) is 29.7 Å². The summed E-state index contributed by atoms with van der Waals surface area (Å²) in [5.74, 6) is -0.932. The van der Waals surface area contributed by atoms with E-state index >= 15 is 0 Å². The lowest BCUT2D eigenvalue weighted by atomic mass is 10.1. The second kappa shape index (κ2) is 6.42. The van der Waals surface area contributed by atoms with Crippen LogP contribution in [0.3, 0.4) is 0 Å². The third kappa shape index (κ3) is 3.38. The van der Waals surface area contributed by atoms with Crippen LogP contribution in [0, 0.1) is 0 Å². The second-order valence-corrected chi connectivity index (χ2v) is 3.93. The first-order valence-electron chi connectivity index (χ1n) is 5.92. The summed E-state index contributed by atoms with van der Waals surface area (Å²) in [6.07, 6.45) is 4.99. The average molecular weight is 271 g/mol. The minimum Gasteiger partial charge on any atom is -0.468 e. The molecule has 0 unspecified atom stereocenters. The highest BCUT2D eigenvalue weighted by molar-refractivity contribution is 5.94. The van der Waals surface area contributed by atoms with E-state index in [1.807, 2.05) is 12.1 Å². The molecule has 2 rings (SSSR count). The molecule has 0 saturated carbocycles. The maximum Gasteiger partial charge on any atom is 0.325 e. The van der Waals surface area contributed by atoms with E-state index in [0.29, 0.717) is 0 Å². The number of carbonyl (C=O) groups is 2. The molecule has 6 nitrogen and oxygen atoms in total. The Bertz CT molecular complexity index is 597. The van der Waals surface area contributed by atoms with Crippen molar-refractivity contribution in [1.29, 1.82) is 0 Å². The van der Waals surface area contributed by atoms with Crippen LogP contribution in [0.4, 0.5) is 0 Å². The van der Waals surface area contributed by atoms with Crippen LogP contribution >= 0.6 is 0 Å². The van der Waals surface area contributed by atoms with E-state index in [-0.39, 0.29) is 12.2 Å². The van der Waals surface area contributed by atoms with Crippen molar-refractivity contribution in [2.45, 2.75) is 0 Å². The predicted molar refractivity (Wildman–Crippen MR) is 71.8 cm³/mol. The Morgan fingerprint density at radius 2 is 2.00 bits per heavy atom. The van der Waals surface area contributed by atoms with Crippen molar-refractivity contribution in [2.75, 3.05) is 13.7 Å². The molecule has 2 aromatic heterocycles. The van der Waals surface area contributed by atoms with Crippen molar-refractivity contribution >= 4 is 11.9 Å². The third-order valence-corrected chi connectivity index (χ3v) is 2.61. The Balaban J connectivity index is 2.05. The van der Waals surface area contributed by atoms with Gasteiger partial charge in [-0.3, -0.25) is 19.6 Å². The molecular formula is C14H13N3O3. The largest absolute Gasteiger partial charge is 0.468 e. The molecule has 2 aromatic rings. The molecule has 20 heavy (non-hydrogen) atoms. The fourth-order valence-corrected chi connectivity index (χ4v) is 1.55. The molecule has 0 atom stereocenters. The number of pyridine rings is 2. The number of aromatic nitrogens is 2. The molecule has 0 spiro atoms. The van der Waals surface area contributed by atoms with Crippen LogP contribution in [0.1, 0.15) is 10.5 Å². The van der Waals surface area contributed by atoms with Crippen LogP contribution < -0.4 is 5.32 Å². The highest BCUT2D eigenvalue weighted by Gasteiger charge is 2.09. The molecule has 6 heteroatoms. The van der Waals surface area contributed by atoms with E-state index < -0.39 is 11.9 Å². The molecule has 0 aromatic carbocycles. The Morgan fingerprint density at radius 3 is 2.60 bits per heavy atom. The number of esters is 1. The van der Waals surface area contributed by atoms with Gasteiger partial charge in [0.05, 0.1) is 7.11 Å². The molecule has 0 aliphatic heterocycles. The second-order valence-electron chi connectivity index (χ2n) is 3.93. The summed E-state index contributed by atoms with van der Waals surface area (Å²) in [5.41, 5.74) is 2.02. The lowest BCUT2D eigenvalue weighted by molar-refractivity contribution is -0.139. The smallest absolute Gasteiger partial charge is 0.325 e. The summed E-state index contributed by atoms with van der Waals surface area (Å²) in [6.45, 7) is -0.179. The van der Waals surface area contributed by atoms with Gasteiger partial charge in [0.15, 0.2) is 0 Å². The molecular weight excluding hydrogens is 258 g/mol. The summed E-state index contributed by atoms with van der Waals surface area (Å²) in [5, 5.41) is 2.42. The number of carbonyl (C=O) groups excluding carboxylic acids is 2. The van der Waals surface area contributed by atoms with Crippen LogP contribution in [0.15, 0.2) is 42.9 Å². The van der Waals surface area contributed by atoms with Gasteiger partial charge in [0.2, 0.25) is 0 Å². The molecule has 0 bridgehead atoms. The standard InChI is InChI=1S/C14H13N3O3/c1-20-13(18)9-17-14(19)12-5-4-11(8-16-12)10-3-2-6-15-7-10/h2-8H,9H2,1H3,(H,17,19). The first kappa shape index (κ1) is 13.7. The fourth-order valence-electron chi connectivity index (χ4n) is 1.55. The summed E-state index contributed by atoms with van der Waals surface area (Å²) >= 11 is 0. The summed E-state index contributed by atoms with van der Waals surface area (Å²) in [6, 6.07) is 7.10. The molecule has 1 amide bonds. The fraction of sp³-hybridized carbons (Fsp3) is 0.143. The van der Waals surface area contributed by atoms with Gasteiger partial charge in [0.1, 0.15) is 12.2 Å². The van der Waals surface area contributed by atoms with Crippen LogP contribution in [-0.4, -0.2) is 35.5 Å². The van der Waals surface area contributed by atoms with Crippen molar-refractivity contribution in [3.63, 3.8) is 0 Å². The number of nitrogens with one attached hydrogen (secondary N) is 1. The minimum atomic E-state index is -0.509. The molecule has 0 aliphatic rings. The quantitative estimate of drug-likeness (QED) is 0.840. The number of nitrogens with zero attached hydrogens (tertiary/aromatic N) is 2. The Kier molecular flexibility index (Phi) is 4.39. The third-order valence-electron chi connectivity index (χ3n) is 2.61.